The Bertz CT molecular complexity index is 550. The Morgan fingerprint density at radius 3 is 2.48 bits per heavy atom. The van der Waals surface area contributed by atoms with Crippen LogP contribution in [0.25, 0.3) is 0 Å². The maximum atomic E-state index is 6.10. The minimum Gasteiger partial charge on any atom is -0.489 e. The van der Waals surface area contributed by atoms with E-state index in [1.807, 2.05) is 0 Å². The van der Waals surface area contributed by atoms with Crippen LogP contribution in [0.5, 0.6) is 5.75 Å². The summed E-state index contributed by atoms with van der Waals surface area (Å²) in [4.78, 5) is 2.47. The third-order valence-corrected chi connectivity index (χ3v) is 4.11. The fourth-order valence-electron chi connectivity index (χ4n) is 2.87. The molecule has 1 saturated heterocycles. The number of benzene rings is 2. The summed E-state index contributed by atoms with van der Waals surface area (Å²) in [6.07, 6.45) is 2.51. The largest absolute Gasteiger partial charge is 0.489 e. The van der Waals surface area contributed by atoms with Crippen molar-refractivity contribution in [1.82, 2.24) is 4.90 Å². The van der Waals surface area contributed by atoms with E-state index in [-0.39, 0.29) is 0 Å². The number of ether oxygens (including phenoxy) is 1. The highest BCUT2D eigenvalue weighted by atomic mass is 16.5. The molecule has 0 aliphatic carbocycles. The molecule has 2 nitrogen and oxygen atoms in total. The number of aryl methyl sites for hydroxylation is 1. The molecule has 1 heterocycles. The molecule has 0 aromatic heterocycles. The average molecular weight is 281 g/mol. The van der Waals surface area contributed by atoms with Crippen LogP contribution in [0.3, 0.4) is 0 Å². The lowest BCUT2D eigenvalue weighted by molar-refractivity contribution is 0.198. The second kappa shape index (κ2) is 6.77. The van der Waals surface area contributed by atoms with E-state index in [1.165, 1.54) is 11.1 Å². The second-order valence-corrected chi connectivity index (χ2v) is 5.75. The van der Waals surface area contributed by atoms with Gasteiger partial charge in [-0.25, -0.2) is 0 Å². The zero-order valence-corrected chi connectivity index (χ0v) is 12.7. The Hall–Kier alpha value is -1.80. The van der Waals surface area contributed by atoms with Gasteiger partial charge in [0.2, 0.25) is 0 Å². The molecule has 1 atom stereocenters. The molecule has 3 rings (SSSR count). The van der Waals surface area contributed by atoms with Crippen molar-refractivity contribution in [2.24, 2.45) is 0 Å². The molecule has 2 aromatic rings. The van der Waals surface area contributed by atoms with Gasteiger partial charge in [0.15, 0.2) is 0 Å². The van der Waals surface area contributed by atoms with Gasteiger partial charge >= 0.3 is 0 Å². The average Bonchev–Trinajstić information content (AvgIpc) is 2.96. The molecule has 0 radical (unpaired) electrons. The second-order valence-electron chi connectivity index (χ2n) is 5.75. The maximum absolute atomic E-state index is 6.10. The lowest BCUT2D eigenvalue weighted by atomic mass is 10.2. The number of hydrogen-bond acceptors (Lipinski definition) is 2. The molecule has 0 amide bonds. The highest BCUT2D eigenvalue weighted by Crippen LogP contribution is 2.20. The molecular weight excluding hydrogens is 258 g/mol. The third-order valence-electron chi connectivity index (χ3n) is 4.11. The molecule has 0 unspecified atom stereocenters. The van der Waals surface area contributed by atoms with Crippen molar-refractivity contribution < 1.29 is 4.74 Å². The topological polar surface area (TPSA) is 12.5 Å². The summed E-state index contributed by atoms with van der Waals surface area (Å²) in [6, 6.07) is 19.2. The monoisotopic (exact) mass is 281 g/mol. The predicted octanol–water partition coefficient (Wildman–Crippen LogP) is 3.90. The highest BCUT2D eigenvalue weighted by molar-refractivity contribution is 5.27. The Morgan fingerprint density at radius 1 is 1.00 bits per heavy atom. The zero-order valence-electron chi connectivity index (χ0n) is 12.7. The van der Waals surface area contributed by atoms with E-state index < -0.39 is 0 Å². The summed E-state index contributed by atoms with van der Waals surface area (Å²) in [5.74, 6) is 0.999. The summed E-state index contributed by atoms with van der Waals surface area (Å²) in [7, 11) is 0. The van der Waals surface area contributed by atoms with Crippen molar-refractivity contribution in [3.05, 3.63) is 65.7 Å². The van der Waals surface area contributed by atoms with Crippen LogP contribution in [-0.4, -0.2) is 24.1 Å². The van der Waals surface area contributed by atoms with E-state index in [0.29, 0.717) is 6.10 Å². The first-order chi connectivity index (χ1) is 10.3. The Morgan fingerprint density at radius 2 is 1.76 bits per heavy atom. The van der Waals surface area contributed by atoms with Crippen LogP contribution in [-0.2, 0) is 13.0 Å². The molecule has 2 aromatic carbocycles. The summed E-state index contributed by atoms with van der Waals surface area (Å²) in [5, 5.41) is 0. The predicted molar refractivity (Wildman–Crippen MR) is 86.6 cm³/mol. The minimum atomic E-state index is 0.321. The first-order valence-electron chi connectivity index (χ1n) is 7.85. The van der Waals surface area contributed by atoms with Gasteiger partial charge in [-0.15, -0.1) is 0 Å². The first-order valence-corrected chi connectivity index (χ1v) is 7.85. The zero-order chi connectivity index (χ0) is 14.5. The van der Waals surface area contributed by atoms with Crippen molar-refractivity contribution in [3.8, 4) is 5.75 Å². The van der Waals surface area contributed by atoms with Gasteiger partial charge in [0.1, 0.15) is 11.9 Å². The van der Waals surface area contributed by atoms with Gasteiger partial charge in [-0.3, -0.25) is 4.90 Å². The van der Waals surface area contributed by atoms with Gasteiger partial charge in [0.05, 0.1) is 0 Å². The van der Waals surface area contributed by atoms with E-state index in [2.05, 4.69) is 66.4 Å². The standard InChI is InChI=1S/C19H23NO/c1-2-16-8-10-18(11-9-16)21-19-12-13-20(15-19)14-17-6-4-3-5-7-17/h3-11,19H,2,12-15H2,1H3/t19-/m0/s1. The van der Waals surface area contributed by atoms with Crippen LogP contribution in [0.2, 0.25) is 0 Å². The molecule has 1 aliphatic rings. The number of nitrogens with zero attached hydrogens (tertiary/aromatic N) is 1. The van der Waals surface area contributed by atoms with Gasteiger partial charge in [-0.1, -0.05) is 49.4 Å². The fraction of sp³-hybridized carbons (Fsp3) is 0.368. The molecule has 1 aliphatic heterocycles. The maximum Gasteiger partial charge on any atom is 0.119 e. The summed E-state index contributed by atoms with van der Waals surface area (Å²) in [6.45, 7) is 5.33. The van der Waals surface area contributed by atoms with E-state index in [1.54, 1.807) is 0 Å². The summed E-state index contributed by atoms with van der Waals surface area (Å²) in [5.41, 5.74) is 2.74. The molecule has 1 fully saturated rings. The Labute approximate surface area is 127 Å². The van der Waals surface area contributed by atoms with Gasteiger partial charge in [0.25, 0.3) is 0 Å². The van der Waals surface area contributed by atoms with Gasteiger partial charge in [0, 0.05) is 19.6 Å². The van der Waals surface area contributed by atoms with Crippen LogP contribution >= 0.6 is 0 Å². The summed E-state index contributed by atoms with van der Waals surface area (Å²) < 4.78 is 6.10. The lowest BCUT2D eigenvalue weighted by Crippen LogP contribution is -2.24. The molecule has 110 valence electrons. The van der Waals surface area contributed by atoms with Crippen LogP contribution in [0, 0.1) is 0 Å². The fourth-order valence-corrected chi connectivity index (χ4v) is 2.87. The van der Waals surface area contributed by atoms with Crippen LogP contribution in [0.4, 0.5) is 0 Å². The van der Waals surface area contributed by atoms with Crippen LogP contribution in [0.1, 0.15) is 24.5 Å². The molecule has 0 spiro atoms. The van der Waals surface area contributed by atoms with E-state index >= 15 is 0 Å². The smallest absolute Gasteiger partial charge is 0.119 e. The molecule has 0 N–H and O–H groups in total. The Kier molecular flexibility index (Phi) is 4.56. The van der Waals surface area contributed by atoms with Gasteiger partial charge < -0.3 is 4.74 Å². The normalized spacial score (nSPS) is 18.8. The first kappa shape index (κ1) is 14.2. The lowest BCUT2D eigenvalue weighted by Gasteiger charge is -2.17. The molecular formula is C19H23NO. The Balaban J connectivity index is 1.52. The van der Waals surface area contributed by atoms with E-state index in [9.17, 15) is 0 Å². The van der Waals surface area contributed by atoms with Crippen molar-refractivity contribution >= 4 is 0 Å². The molecule has 2 heteroatoms. The van der Waals surface area contributed by atoms with E-state index in [4.69, 9.17) is 4.74 Å². The third kappa shape index (κ3) is 3.85. The van der Waals surface area contributed by atoms with Crippen molar-refractivity contribution in [2.75, 3.05) is 13.1 Å². The van der Waals surface area contributed by atoms with Gasteiger partial charge in [-0.05, 0) is 36.1 Å². The van der Waals surface area contributed by atoms with Crippen molar-refractivity contribution in [1.29, 1.82) is 0 Å². The van der Waals surface area contributed by atoms with Crippen molar-refractivity contribution in [3.63, 3.8) is 0 Å². The molecule has 0 bridgehead atoms. The number of likely N-dealkylation sites (tertiary alicyclic amines) is 1. The minimum absolute atomic E-state index is 0.321. The quantitative estimate of drug-likeness (QED) is 0.824. The number of rotatable bonds is 5. The van der Waals surface area contributed by atoms with Gasteiger partial charge in [-0.2, -0.15) is 0 Å². The van der Waals surface area contributed by atoms with E-state index in [0.717, 1.165) is 38.2 Å². The molecule has 21 heavy (non-hydrogen) atoms. The highest BCUT2D eigenvalue weighted by Gasteiger charge is 2.23. The van der Waals surface area contributed by atoms with Crippen LogP contribution in [0.15, 0.2) is 54.6 Å². The SMILES string of the molecule is CCc1ccc(O[C@H]2CCN(Cc3ccccc3)C2)cc1. The van der Waals surface area contributed by atoms with Crippen molar-refractivity contribution in [2.45, 2.75) is 32.4 Å². The molecule has 0 saturated carbocycles. The van der Waals surface area contributed by atoms with Crippen LogP contribution < -0.4 is 4.74 Å². The number of hydrogen-bond donors (Lipinski definition) is 0. The summed E-state index contributed by atoms with van der Waals surface area (Å²) >= 11 is 0.